The molecule has 4 atom stereocenters. The number of hydrogen-bond donors (Lipinski definition) is 1. The summed E-state index contributed by atoms with van der Waals surface area (Å²) in [5.41, 5.74) is -0.0985. The molecular formula is C21H24N2O6. The van der Waals surface area contributed by atoms with E-state index in [-0.39, 0.29) is 23.1 Å². The molecule has 4 rings (SSSR count). The number of hydroxylamine groups is 2. The molecule has 1 aliphatic heterocycles. The molecular weight excluding hydrogens is 376 g/mol. The number of benzene rings is 1. The molecule has 0 spiro atoms. The van der Waals surface area contributed by atoms with E-state index in [1.807, 2.05) is 0 Å². The molecule has 3 amide bonds. The van der Waals surface area contributed by atoms with Crippen LogP contribution in [0.3, 0.4) is 0 Å². The third-order valence-corrected chi connectivity index (χ3v) is 5.80. The second-order valence-electron chi connectivity index (χ2n) is 8.94. The Morgan fingerprint density at radius 1 is 1.03 bits per heavy atom. The van der Waals surface area contributed by atoms with E-state index in [0.29, 0.717) is 23.8 Å². The topological polar surface area (TPSA) is 102 Å². The largest absolute Gasteiger partial charge is 0.444 e. The van der Waals surface area contributed by atoms with Crippen LogP contribution in [0, 0.1) is 17.8 Å². The van der Waals surface area contributed by atoms with E-state index in [1.165, 1.54) is 12.1 Å². The normalized spacial score (nSPS) is 27.8. The number of ether oxygens (including phenoxy) is 1. The monoisotopic (exact) mass is 400 g/mol. The van der Waals surface area contributed by atoms with E-state index >= 15 is 0 Å². The van der Waals surface area contributed by atoms with E-state index in [2.05, 4.69) is 5.32 Å². The summed E-state index contributed by atoms with van der Waals surface area (Å²) in [6, 6.07) is 6.34. The van der Waals surface area contributed by atoms with Gasteiger partial charge in [0, 0.05) is 6.04 Å². The molecule has 29 heavy (non-hydrogen) atoms. The molecule has 0 aromatic heterocycles. The van der Waals surface area contributed by atoms with Gasteiger partial charge in [0.2, 0.25) is 0 Å². The summed E-state index contributed by atoms with van der Waals surface area (Å²) in [5, 5.41) is 3.43. The number of carbonyl (C=O) groups is 4. The van der Waals surface area contributed by atoms with Crippen LogP contribution in [-0.4, -0.2) is 40.6 Å². The molecule has 8 nitrogen and oxygen atoms in total. The Bertz CT molecular complexity index is 854. The van der Waals surface area contributed by atoms with E-state index in [0.717, 1.165) is 6.42 Å². The van der Waals surface area contributed by atoms with Gasteiger partial charge in [0.05, 0.1) is 17.0 Å². The van der Waals surface area contributed by atoms with Crippen molar-refractivity contribution in [1.29, 1.82) is 0 Å². The molecule has 3 aliphatic rings. The number of hydrogen-bond acceptors (Lipinski definition) is 6. The van der Waals surface area contributed by atoms with Gasteiger partial charge in [-0.05, 0) is 64.0 Å². The van der Waals surface area contributed by atoms with Crippen molar-refractivity contribution in [3.8, 4) is 0 Å². The predicted octanol–water partition coefficient (Wildman–Crippen LogP) is 2.68. The van der Waals surface area contributed by atoms with Gasteiger partial charge in [0.25, 0.3) is 11.8 Å². The number of rotatable bonds is 3. The second kappa shape index (κ2) is 6.86. The maximum absolute atomic E-state index is 12.6. The lowest BCUT2D eigenvalue weighted by molar-refractivity contribution is -0.173. The Morgan fingerprint density at radius 3 is 2.24 bits per heavy atom. The van der Waals surface area contributed by atoms with Crippen molar-refractivity contribution >= 4 is 23.9 Å². The second-order valence-corrected chi connectivity index (χ2v) is 8.94. The van der Waals surface area contributed by atoms with Gasteiger partial charge in [-0.25, -0.2) is 9.59 Å². The molecule has 1 aromatic rings. The van der Waals surface area contributed by atoms with Crippen LogP contribution in [0.2, 0.25) is 0 Å². The van der Waals surface area contributed by atoms with E-state index in [4.69, 9.17) is 9.57 Å². The summed E-state index contributed by atoms with van der Waals surface area (Å²) >= 11 is 0. The van der Waals surface area contributed by atoms with Crippen molar-refractivity contribution in [3.63, 3.8) is 0 Å². The first-order valence-corrected chi connectivity index (χ1v) is 9.83. The number of fused-ring (bicyclic) bond motifs is 2. The van der Waals surface area contributed by atoms with Gasteiger partial charge in [0.1, 0.15) is 5.60 Å². The fraction of sp³-hybridized carbons (Fsp3) is 0.524. The Hall–Kier alpha value is -2.90. The highest BCUT2D eigenvalue weighted by Gasteiger charge is 2.51. The first-order chi connectivity index (χ1) is 13.6. The van der Waals surface area contributed by atoms with Gasteiger partial charge in [0.15, 0.2) is 0 Å². The highest BCUT2D eigenvalue weighted by molar-refractivity contribution is 6.20. The van der Waals surface area contributed by atoms with Gasteiger partial charge >= 0.3 is 12.1 Å². The lowest BCUT2D eigenvalue weighted by atomic mass is 9.71. The highest BCUT2D eigenvalue weighted by Crippen LogP contribution is 2.50. The van der Waals surface area contributed by atoms with Crippen molar-refractivity contribution in [2.24, 2.45) is 17.8 Å². The van der Waals surface area contributed by atoms with Crippen molar-refractivity contribution in [2.45, 2.75) is 51.7 Å². The maximum Gasteiger partial charge on any atom is 0.407 e. The summed E-state index contributed by atoms with van der Waals surface area (Å²) in [4.78, 5) is 54.5. The summed E-state index contributed by atoms with van der Waals surface area (Å²) in [7, 11) is 0. The molecule has 1 unspecified atom stereocenters. The minimum Gasteiger partial charge on any atom is -0.444 e. The Labute approximate surface area is 168 Å². The summed E-state index contributed by atoms with van der Waals surface area (Å²) in [5.74, 6) is -1.74. The number of imide groups is 1. The molecule has 2 saturated carbocycles. The smallest absolute Gasteiger partial charge is 0.407 e. The maximum atomic E-state index is 12.6. The van der Waals surface area contributed by atoms with Crippen molar-refractivity contribution < 1.29 is 28.8 Å². The lowest BCUT2D eigenvalue weighted by Crippen LogP contribution is -2.51. The first kappa shape index (κ1) is 19.4. The SMILES string of the molecule is CC(C)(C)OC(=O)N[C@@H]1C[C@@H]2CC(C(=O)ON3C(=O)c4ccccc4C3=O)C[C@@H]21. The number of alkyl carbamates (subject to hydrolysis) is 1. The van der Waals surface area contributed by atoms with E-state index < -0.39 is 35.4 Å². The lowest BCUT2D eigenvalue weighted by Gasteiger charge is -2.40. The molecule has 2 aliphatic carbocycles. The van der Waals surface area contributed by atoms with Crippen LogP contribution in [0.1, 0.15) is 60.7 Å². The number of carbonyl (C=O) groups excluding carboxylic acids is 4. The first-order valence-electron chi connectivity index (χ1n) is 9.83. The van der Waals surface area contributed by atoms with Crippen LogP contribution in [0.4, 0.5) is 4.79 Å². The average Bonchev–Trinajstić information content (AvgIpc) is 3.09. The van der Waals surface area contributed by atoms with E-state index in [1.54, 1.807) is 32.9 Å². The van der Waals surface area contributed by atoms with Crippen molar-refractivity contribution in [3.05, 3.63) is 35.4 Å². The molecule has 0 radical (unpaired) electrons. The van der Waals surface area contributed by atoms with Crippen LogP contribution < -0.4 is 5.32 Å². The van der Waals surface area contributed by atoms with E-state index in [9.17, 15) is 19.2 Å². The van der Waals surface area contributed by atoms with Gasteiger partial charge in [-0.2, -0.15) is 0 Å². The minimum atomic E-state index is -0.621. The van der Waals surface area contributed by atoms with Crippen LogP contribution in [-0.2, 0) is 14.4 Å². The van der Waals surface area contributed by atoms with Crippen LogP contribution >= 0.6 is 0 Å². The van der Waals surface area contributed by atoms with Gasteiger partial charge in [-0.1, -0.05) is 17.2 Å². The summed E-state index contributed by atoms with van der Waals surface area (Å²) < 4.78 is 5.29. The molecule has 1 N–H and O–H groups in total. The average molecular weight is 400 g/mol. The van der Waals surface area contributed by atoms with Crippen molar-refractivity contribution in [2.75, 3.05) is 0 Å². The van der Waals surface area contributed by atoms with Gasteiger partial charge in [-0.15, -0.1) is 0 Å². The minimum absolute atomic E-state index is 0.0352. The molecule has 2 fully saturated rings. The van der Waals surface area contributed by atoms with Crippen molar-refractivity contribution in [1.82, 2.24) is 10.4 Å². The molecule has 8 heteroatoms. The quantitative estimate of drug-likeness (QED) is 0.783. The molecule has 0 bridgehead atoms. The zero-order valence-corrected chi connectivity index (χ0v) is 16.6. The third kappa shape index (κ3) is 3.59. The molecule has 1 heterocycles. The van der Waals surface area contributed by atoms with Gasteiger partial charge in [-0.3, -0.25) is 9.59 Å². The Morgan fingerprint density at radius 2 is 1.66 bits per heavy atom. The van der Waals surface area contributed by atoms with Crippen LogP contribution in [0.25, 0.3) is 0 Å². The molecule has 154 valence electrons. The van der Waals surface area contributed by atoms with Crippen LogP contribution in [0.15, 0.2) is 24.3 Å². The molecule has 0 saturated heterocycles. The molecule has 1 aromatic carbocycles. The highest BCUT2D eigenvalue weighted by atomic mass is 16.7. The number of nitrogens with zero attached hydrogens (tertiary/aromatic N) is 1. The zero-order chi connectivity index (χ0) is 20.9. The Balaban J connectivity index is 1.33. The van der Waals surface area contributed by atoms with Gasteiger partial charge < -0.3 is 14.9 Å². The van der Waals surface area contributed by atoms with Crippen LogP contribution in [0.5, 0.6) is 0 Å². The number of amides is 3. The standard InChI is InChI=1S/C21H24N2O6/c1-21(2,3)28-20(27)22-16-10-11-8-12(9-15(11)16)19(26)29-23-17(24)13-6-4-5-7-14(13)18(23)25/h4-7,11-12,15-16H,8-10H2,1-3H3,(H,22,27)/t11-,12?,15-,16+/m0/s1. The fourth-order valence-electron chi connectivity index (χ4n) is 4.46. The zero-order valence-electron chi connectivity index (χ0n) is 16.6. The fourth-order valence-corrected chi connectivity index (χ4v) is 4.46. The summed E-state index contributed by atoms with van der Waals surface area (Å²) in [6.07, 6.45) is 1.49. The number of nitrogens with one attached hydrogen (secondary N) is 1. The Kier molecular flexibility index (Phi) is 4.59. The predicted molar refractivity (Wildman–Crippen MR) is 101 cm³/mol. The summed E-state index contributed by atoms with van der Waals surface area (Å²) in [6.45, 7) is 5.41. The third-order valence-electron chi connectivity index (χ3n) is 5.80.